The van der Waals surface area contributed by atoms with Crippen LogP contribution in [0, 0.1) is 0 Å². The molecule has 29 heavy (non-hydrogen) atoms. The first-order valence-electron chi connectivity index (χ1n) is 9.23. The number of rotatable bonds is 5. The third kappa shape index (κ3) is 3.96. The number of ether oxygens (including phenoxy) is 2. The van der Waals surface area contributed by atoms with Gasteiger partial charge < -0.3 is 9.47 Å². The molecule has 0 aliphatic heterocycles. The average molecular weight is 402 g/mol. The van der Waals surface area contributed by atoms with Crippen LogP contribution in [0.4, 0.5) is 5.69 Å². The largest absolute Gasteiger partial charge is 0.497 e. The molecule has 0 atom stereocenters. The number of fused-ring (bicyclic) bond motifs is 1. The molecule has 0 saturated heterocycles. The van der Waals surface area contributed by atoms with Gasteiger partial charge in [-0.05, 0) is 59.0 Å². The summed E-state index contributed by atoms with van der Waals surface area (Å²) in [6.07, 6.45) is 1.91. The number of benzene rings is 4. The van der Waals surface area contributed by atoms with E-state index in [2.05, 4.69) is 18.2 Å². The highest BCUT2D eigenvalue weighted by Crippen LogP contribution is 2.36. The summed E-state index contributed by atoms with van der Waals surface area (Å²) in [7, 11) is 3.35. The zero-order chi connectivity index (χ0) is 20.2. The van der Waals surface area contributed by atoms with Crippen LogP contribution in [-0.2, 0) is 0 Å². The summed E-state index contributed by atoms with van der Waals surface area (Å²) in [5.41, 5.74) is 3.97. The predicted octanol–water partition coefficient (Wildman–Crippen LogP) is 6.93. The number of hydrogen-bond donors (Lipinski definition) is 0. The Labute approximate surface area is 175 Å². The summed E-state index contributed by atoms with van der Waals surface area (Å²) in [4.78, 5) is 4.71. The Bertz CT molecular complexity index is 1170. The first-order valence-corrected chi connectivity index (χ1v) is 9.61. The van der Waals surface area contributed by atoms with E-state index in [0.29, 0.717) is 5.02 Å². The molecule has 0 heterocycles. The predicted molar refractivity (Wildman–Crippen MR) is 121 cm³/mol. The van der Waals surface area contributed by atoms with E-state index in [1.807, 2.05) is 66.9 Å². The standard InChI is InChI=1S/C25H20ClNO2/c1-28-20-13-11-19(12-14-20)27-16-24-21-5-3-4-6-22(21)25(29-2)15-23(24)17-7-9-18(26)10-8-17/h3-16H,1-2H3. The fraction of sp³-hybridized carbons (Fsp3) is 0.0800. The van der Waals surface area contributed by atoms with Crippen molar-refractivity contribution in [2.75, 3.05) is 14.2 Å². The molecule has 0 unspecified atom stereocenters. The van der Waals surface area contributed by atoms with E-state index in [1.54, 1.807) is 14.2 Å². The van der Waals surface area contributed by atoms with Crippen LogP contribution in [0.5, 0.6) is 11.5 Å². The van der Waals surface area contributed by atoms with E-state index < -0.39 is 0 Å². The third-order valence-corrected chi connectivity index (χ3v) is 5.09. The minimum atomic E-state index is 0.704. The Hall–Kier alpha value is -3.30. The molecule has 0 radical (unpaired) electrons. The van der Waals surface area contributed by atoms with Gasteiger partial charge in [0.15, 0.2) is 0 Å². The lowest BCUT2D eigenvalue weighted by Crippen LogP contribution is -1.94. The SMILES string of the molecule is COc1ccc(N=Cc2c(-c3ccc(Cl)cc3)cc(OC)c3ccccc23)cc1. The second-order valence-electron chi connectivity index (χ2n) is 6.55. The maximum Gasteiger partial charge on any atom is 0.127 e. The van der Waals surface area contributed by atoms with Gasteiger partial charge in [0.1, 0.15) is 11.5 Å². The lowest BCUT2D eigenvalue weighted by molar-refractivity contribution is 0.415. The van der Waals surface area contributed by atoms with Crippen molar-refractivity contribution in [3.05, 3.63) is 89.4 Å². The van der Waals surface area contributed by atoms with Gasteiger partial charge in [0, 0.05) is 22.2 Å². The molecule has 3 nitrogen and oxygen atoms in total. The Balaban J connectivity index is 1.90. The molecule has 0 bridgehead atoms. The number of methoxy groups -OCH3 is 2. The van der Waals surface area contributed by atoms with Gasteiger partial charge in [-0.25, -0.2) is 0 Å². The van der Waals surface area contributed by atoms with Gasteiger partial charge in [-0.3, -0.25) is 4.99 Å². The van der Waals surface area contributed by atoms with Crippen LogP contribution >= 0.6 is 11.6 Å². The minimum Gasteiger partial charge on any atom is -0.497 e. The molecule has 0 aromatic heterocycles. The van der Waals surface area contributed by atoms with Crippen LogP contribution < -0.4 is 9.47 Å². The molecule has 0 spiro atoms. The first-order chi connectivity index (χ1) is 14.2. The maximum absolute atomic E-state index is 6.10. The van der Waals surface area contributed by atoms with Crippen molar-refractivity contribution in [1.29, 1.82) is 0 Å². The molecule has 4 aromatic carbocycles. The van der Waals surface area contributed by atoms with E-state index in [4.69, 9.17) is 26.1 Å². The number of aliphatic imine (C=N–C) groups is 1. The van der Waals surface area contributed by atoms with Gasteiger partial charge in [-0.2, -0.15) is 0 Å². The maximum atomic E-state index is 6.10. The van der Waals surface area contributed by atoms with Gasteiger partial charge in [-0.1, -0.05) is 48.0 Å². The van der Waals surface area contributed by atoms with Crippen LogP contribution in [0.3, 0.4) is 0 Å². The first kappa shape index (κ1) is 19.0. The molecule has 0 amide bonds. The zero-order valence-electron chi connectivity index (χ0n) is 16.2. The van der Waals surface area contributed by atoms with E-state index in [-0.39, 0.29) is 0 Å². The number of hydrogen-bond acceptors (Lipinski definition) is 3. The highest BCUT2D eigenvalue weighted by Gasteiger charge is 2.13. The minimum absolute atomic E-state index is 0.704. The van der Waals surface area contributed by atoms with Gasteiger partial charge in [0.05, 0.1) is 19.9 Å². The summed E-state index contributed by atoms with van der Waals surface area (Å²) in [6.45, 7) is 0. The Morgan fingerprint density at radius 2 is 1.48 bits per heavy atom. The quantitative estimate of drug-likeness (QED) is 0.339. The summed E-state index contributed by atoms with van der Waals surface area (Å²) < 4.78 is 10.9. The number of halogens is 1. The molecule has 0 aliphatic carbocycles. The topological polar surface area (TPSA) is 30.8 Å². The van der Waals surface area contributed by atoms with Crippen molar-refractivity contribution in [3.8, 4) is 22.6 Å². The van der Waals surface area contributed by atoms with E-state index in [9.17, 15) is 0 Å². The molecule has 0 aliphatic rings. The third-order valence-electron chi connectivity index (χ3n) is 4.84. The lowest BCUT2D eigenvalue weighted by atomic mass is 9.94. The van der Waals surface area contributed by atoms with Crippen LogP contribution in [0.2, 0.25) is 5.02 Å². The molecular formula is C25H20ClNO2. The lowest BCUT2D eigenvalue weighted by Gasteiger charge is -2.14. The average Bonchev–Trinajstić information content (AvgIpc) is 2.78. The van der Waals surface area contributed by atoms with Crippen molar-refractivity contribution < 1.29 is 9.47 Å². The van der Waals surface area contributed by atoms with Crippen LogP contribution in [-0.4, -0.2) is 20.4 Å². The number of nitrogens with zero attached hydrogens (tertiary/aromatic N) is 1. The summed E-state index contributed by atoms with van der Waals surface area (Å²) >= 11 is 6.10. The summed E-state index contributed by atoms with van der Waals surface area (Å²) in [5.74, 6) is 1.63. The van der Waals surface area contributed by atoms with Crippen molar-refractivity contribution in [3.63, 3.8) is 0 Å². The zero-order valence-corrected chi connectivity index (χ0v) is 17.0. The fourth-order valence-electron chi connectivity index (χ4n) is 3.35. The Morgan fingerprint density at radius 1 is 0.793 bits per heavy atom. The molecule has 4 aromatic rings. The van der Waals surface area contributed by atoms with Crippen molar-refractivity contribution in [1.82, 2.24) is 0 Å². The Kier molecular flexibility index (Phi) is 5.50. The fourth-order valence-corrected chi connectivity index (χ4v) is 3.47. The smallest absolute Gasteiger partial charge is 0.127 e. The molecule has 4 rings (SSSR count). The Morgan fingerprint density at radius 3 is 2.14 bits per heavy atom. The van der Waals surface area contributed by atoms with Crippen molar-refractivity contribution >= 4 is 34.3 Å². The van der Waals surface area contributed by atoms with Gasteiger partial charge in [0.2, 0.25) is 0 Å². The summed E-state index contributed by atoms with van der Waals surface area (Å²) in [6, 6.07) is 25.7. The second kappa shape index (κ2) is 8.38. The van der Waals surface area contributed by atoms with Crippen LogP contribution in [0.1, 0.15) is 5.56 Å². The molecule has 144 valence electrons. The van der Waals surface area contributed by atoms with Gasteiger partial charge >= 0.3 is 0 Å². The van der Waals surface area contributed by atoms with E-state index in [0.717, 1.165) is 44.6 Å². The van der Waals surface area contributed by atoms with Gasteiger partial charge in [-0.15, -0.1) is 0 Å². The van der Waals surface area contributed by atoms with Crippen LogP contribution in [0.25, 0.3) is 21.9 Å². The molecule has 0 saturated carbocycles. The molecule has 0 N–H and O–H groups in total. The van der Waals surface area contributed by atoms with E-state index >= 15 is 0 Å². The normalized spacial score (nSPS) is 11.1. The molecular weight excluding hydrogens is 382 g/mol. The van der Waals surface area contributed by atoms with Crippen molar-refractivity contribution in [2.45, 2.75) is 0 Å². The second-order valence-corrected chi connectivity index (χ2v) is 6.99. The highest BCUT2D eigenvalue weighted by atomic mass is 35.5. The van der Waals surface area contributed by atoms with Gasteiger partial charge in [0.25, 0.3) is 0 Å². The molecule has 4 heteroatoms. The van der Waals surface area contributed by atoms with E-state index in [1.165, 1.54) is 0 Å². The van der Waals surface area contributed by atoms with Crippen molar-refractivity contribution in [2.24, 2.45) is 4.99 Å². The monoisotopic (exact) mass is 401 g/mol. The highest BCUT2D eigenvalue weighted by molar-refractivity contribution is 6.30. The summed E-state index contributed by atoms with van der Waals surface area (Å²) in [5, 5.41) is 2.83. The molecule has 0 fully saturated rings. The van der Waals surface area contributed by atoms with Crippen LogP contribution in [0.15, 0.2) is 83.9 Å².